The summed E-state index contributed by atoms with van der Waals surface area (Å²) >= 11 is 0. The minimum Gasteiger partial charge on any atom is -0.481 e. The standard InChI is InChI=1S/C10H11F2NO2/c11-7-1-2-8(9(12)4-7)6(5-13)3-10(14)15/h1-2,4,6H,3,5,13H2,(H,14,15)/t6-/m1/s1. The van der Waals surface area contributed by atoms with Crippen LogP contribution in [0.1, 0.15) is 17.9 Å². The van der Waals surface area contributed by atoms with E-state index < -0.39 is 23.5 Å². The van der Waals surface area contributed by atoms with Gasteiger partial charge in [0.1, 0.15) is 11.6 Å². The van der Waals surface area contributed by atoms with Crippen LogP contribution < -0.4 is 5.73 Å². The predicted octanol–water partition coefficient (Wildman–Crippen LogP) is 1.48. The molecule has 0 unspecified atom stereocenters. The zero-order valence-corrected chi connectivity index (χ0v) is 7.91. The van der Waals surface area contributed by atoms with E-state index in [9.17, 15) is 13.6 Å². The number of benzene rings is 1. The van der Waals surface area contributed by atoms with E-state index >= 15 is 0 Å². The maximum atomic E-state index is 13.2. The smallest absolute Gasteiger partial charge is 0.304 e. The second kappa shape index (κ2) is 4.84. The number of hydrogen-bond donors (Lipinski definition) is 2. The van der Waals surface area contributed by atoms with Crippen molar-refractivity contribution >= 4 is 5.97 Å². The van der Waals surface area contributed by atoms with Crippen LogP contribution in [0.2, 0.25) is 0 Å². The molecule has 82 valence electrons. The quantitative estimate of drug-likeness (QED) is 0.799. The Morgan fingerprint density at radius 1 is 1.47 bits per heavy atom. The van der Waals surface area contributed by atoms with Gasteiger partial charge in [-0.1, -0.05) is 6.07 Å². The van der Waals surface area contributed by atoms with E-state index in [1.54, 1.807) is 0 Å². The van der Waals surface area contributed by atoms with Gasteiger partial charge in [0.25, 0.3) is 0 Å². The van der Waals surface area contributed by atoms with E-state index in [-0.39, 0.29) is 18.5 Å². The van der Waals surface area contributed by atoms with Crippen LogP contribution in [0, 0.1) is 11.6 Å². The highest BCUT2D eigenvalue weighted by Crippen LogP contribution is 2.22. The van der Waals surface area contributed by atoms with E-state index in [2.05, 4.69) is 0 Å². The Bertz CT molecular complexity index is 368. The number of halogens is 2. The molecular formula is C10H11F2NO2. The zero-order chi connectivity index (χ0) is 11.4. The van der Waals surface area contributed by atoms with Crippen molar-refractivity contribution in [2.75, 3.05) is 6.54 Å². The van der Waals surface area contributed by atoms with E-state index in [1.807, 2.05) is 0 Å². The van der Waals surface area contributed by atoms with Gasteiger partial charge in [-0.2, -0.15) is 0 Å². The third kappa shape index (κ3) is 2.99. The van der Waals surface area contributed by atoms with Crippen LogP contribution in [0.15, 0.2) is 18.2 Å². The van der Waals surface area contributed by atoms with Crippen molar-refractivity contribution in [1.29, 1.82) is 0 Å². The molecular weight excluding hydrogens is 204 g/mol. The molecule has 0 saturated carbocycles. The molecule has 0 amide bonds. The summed E-state index contributed by atoms with van der Waals surface area (Å²) in [5.74, 6) is -3.13. The summed E-state index contributed by atoms with van der Waals surface area (Å²) in [6.45, 7) is 0.00878. The van der Waals surface area contributed by atoms with Crippen molar-refractivity contribution in [3.05, 3.63) is 35.4 Å². The first-order valence-electron chi connectivity index (χ1n) is 4.41. The topological polar surface area (TPSA) is 63.3 Å². The summed E-state index contributed by atoms with van der Waals surface area (Å²) in [7, 11) is 0. The van der Waals surface area contributed by atoms with Crippen molar-refractivity contribution in [2.45, 2.75) is 12.3 Å². The van der Waals surface area contributed by atoms with Crippen molar-refractivity contribution in [3.8, 4) is 0 Å². The van der Waals surface area contributed by atoms with Gasteiger partial charge in [-0.3, -0.25) is 4.79 Å². The Morgan fingerprint density at radius 3 is 2.60 bits per heavy atom. The van der Waals surface area contributed by atoms with E-state index in [0.717, 1.165) is 12.1 Å². The monoisotopic (exact) mass is 215 g/mol. The molecule has 0 saturated heterocycles. The fourth-order valence-corrected chi connectivity index (χ4v) is 1.36. The molecule has 0 radical (unpaired) electrons. The molecule has 0 heterocycles. The van der Waals surface area contributed by atoms with E-state index in [0.29, 0.717) is 0 Å². The first kappa shape index (κ1) is 11.6. The molecule has 0 aliphatic rings. The normalized spacial score (nSPS) is 12.5. The van der Waals surface area contributed by atoms with Crippen molar-refractivity contribution < 1.29 is 18.7 Å². The zero-order valence-electron chi connectivity index (χ0n) is 7.91. The number of carboxylic acid groups (broad SMARTS) is 1. The van der Waals surface area contributed by atoms with Crippen LogP contribution in [-0.2, 0) is 4.79 Å². The number of nitrogens with two attached hydrogens (primary N) is 1. The van der Waals surface area contributed by atoms with Crippen LogP contribution in [0.25, 0.3) is 0 Å². The van der Waals surface area contributed by atoms with Gasteiger partial charge in [0.2, 0.25) is 0 Å². The molecule has 0 spiro atoms. The van der Waals surface area contributed by atoms with Crippen LogP contribution in [0.5, 0.6) is 0 Å². The number of hydrogen-bond acceptors (Lipinski definition) is 2. The highest BCUT2D eigenvalue weighted by molar-refractivity contribution is 5.68. The highest BCUT2D eigenvalue weighted by Gasteiger charge is 2.17. The van der Waals surface area contributed by atoms with Crippen LogP contribution >= 0.6 is 0 Å². The summed E-state index contributed by atoms with van der Waals surface area (Å²) < 4.78 is 25.8. The van der Waals surface area contributed by atoms with Crippen LogP contribution in [0.3, 0.4) is 0 Å². The lowest BCUT2D eigenvalue weighted by molar-refractivity contribution is -0.137. The lowest BCUT2D eigenvalue weighted by atomic mass is 9.95. The molecule has 1 atom stereocenters. The summed E-state index contributed by atoms with van der Waals surface area (Å²) in [6, 6.07) is 3.04. The highest BCUT2D eigenvalue weighted by atomic mass is 19.1. The first-order valence-corrected chi connectivity index (χ1v) is 4.41. The van der Waals surface area contributed by atoms with Crippen LogP contribution in [0.4, 0.5) is 8.78 Å². The SMILES string of the molecule is NC[C@@H](CC(=O)O)c1ccc(F)cc1F. The average Bonchev–Trinajstić information content (AvgIpc) is 2.14. The summed E-state index contributed by atoms with van der Waals surface area (Å²) in [4.78, 5) is 10.5. The van der Waals surface area contributed by atoms with Crippen LogP contribution in [-0.4, -0.2) is 17.6 Å². The number of aliphatic carboxylic acids is 1. The van der Waals surface area contributed by atoms with Gasteiger partial charge < -0.3 is 10.8 Å². The third-order valence-corrected chi connectivity index (χ3v) is 2.11. The molecule has 0 aliphatic heterocycles. The van der Waals surface area contributed by atoms with Gasteiger partial charge in [-0.15, -0.1) is 0 Å². The van der Waals surface area contributed by atoms with Gasteiger partial charge in [0.15, 0.2) is 0 Å². The minimum atomic E-state index is -1.06. The average molecular weight is 215 g/mol. The van der Waals surface area contributed by atoms with Crippen molar-refractivity contribution in [1.82, 2.24) is 0 Å². The van der Waals surface area contributed by atoms with E-state index in [1.165, 1.54) is 6.07 Å². The molecule has 15 heavy (non-hydrogen) atoms. The maximum absolute atomic E-state index is 13.2. The Balaban J connectivity index is 2.96. The summed E-state index contributed by atoms with van der Waals surface area (Å²) in [5.41, 5.74) is 5.48. The fraction of sp³-hybridized carbons (Fsp3) is 0.300. The lowest BCUT2D eigenvalue weighted by Crippen LogP contribution is -2.17. The van der Waals surface area contributed by atoms with Crippen molar-refractivity contribution in [3.63, 3.8) is 0 Å². The molecule has 3 nitrogen and oxygen atoms in total. The van der Waals surface area contributed by atoms with Gasteiger partial charge >= 0.3 is 5.97 Å². The number of rotatable bonds is 4. The summed E-state index contributed by atoms with van der Waals surface area (Å²) in [5, 5.41) is 8.57. The fourth-order valence-electron chi connectivity index (χ4n) is 1.36. The molecule has 1 aromatic carbocycles. The Hall–Kier alpha value is -1.49. The van der Waals surface area contributed by atoms with E-state index in [4.69, 9.17) is 10.8 Å². The second-order valence-corrected chi connectivity index (χ2v) is 3.20. The lowest BCUT2D eigenvalue weighted by Gasteiger charge is -2.13. The second-order valence-electron chi connectivity index (χ2n) is 3.20. The number of carbonyl (C=O) groups is 1. The molecule has 5 heteroatoms. The maximum Gasteiger partial charge on any atom is 0.304 e. The Kier molecular flexibility index (Phi) is 3.74. The minimum absolute atomic E-state index is 0.00878. The van der Waals surface area contributed by atoms with Gasteiger partial charge in [-0.25, -0.2) is 8.78 Å². The molecule has 1 rings (SSSR count). The number of carboxylic acids is 1. The molecule has 0 fully saturated rings. The van der Waals surface area contributed by atoms with Crippen molar-refractivity contribution in [2.24, 2.45) is 5.73 Å². The Labute approximate surface area is 85.5 Å². The van der Waals surface area contributed by atoms with Gasteiger partial charge in [0, 0.05) is 12.0 Å². The summed E-state index contributed by atoms with van der Waals surface area (Å²) in [6.07, 6.45) is -0.265. The largest absolute Gasteiger partial charge is 0.481 e. The molecule has 0 aliphatic carbocycles. The molecule has 0 aromatic heterocycles. The molecule has 1 aromatic rings. The third-order valence-electron chi connectivity index (χ3n) is 2.11. The van der Waals surface area contributed by atoms with Gasteiger partial charge in [-0.05, 0) is 18.2 Å². The first-order chi connectivity index (χ1) is 7.04. The van der Waals surface area contributed by atoms with Gasteiger partial charge in [0.05, 0.1) is 6.42 Å². The predicted molar refractivity (Wildman–Crippen MR) is 50.4 cm³/mol. The Morgan fingerprint density at radius 2 is 2.13 bits per heavy atom. The molecule has 3 N–H and O–H groups in total. The molecule has 0 bridgehead atoms.